The molecule has 0 aliphatic heterocycles. The van der Waals surface area contributed by atoms with Crippen molar-refractivity contribution in [2.45, 2.75) is 6.61 Å². The predicted molar refractivity (Wildman–Crippen MR) is 85.2 cm³/mol. The molecule has 6 heteroatoms. The van der Waals surface area contributed by atoms with E-state index in [4.69, 9.17) is 10.00 Å². The molecule has 0 fully saturated rings. The first-order chi connectivity index (χ1) is 10.4. The van der Waals surface area contributed by atoms with Crippen molar-refractivity contribution in [2.75, 3.05) is 17.6 Å². The Morgan fingerprint density at radius 3 is 2.36 bits per heavy atom. The molecule has 0 saturated carbocycles. The molecule has 0 spiro atoms. The smallest absolute Gasteiger partial charge is 0.231 e. The Kier molecular flexibility index (Phi) is 4.68. The number of nitriles is 1. The fraction of sp³-hybridized carbons (Fsp3) is 0.188. The lowest BCUT2D eigenvalue weighted by Gasteiger charge is -2.17. The molecule has 0 saturated heterocycles. The number of anilines is 1. The van der Waals surface area contributed by atoms with Crippen molar-refractivity contribution in [3.05, 3.63) is 59.7 Å². The summed E-state index contributed by atoms with van der Waals surface area (Å²) in [6.07, 6.45) is 1.15. The van der Waals surface area contributed by atoms with E-state index in [1.165, 1.54) is 11.4 Å². The number of nitrogens with zero attached hydrogens (tertiary/aromatic N) is 2. The van der Waals surface area contributed by atoms with Gasteiger partial charge in [-0.25, -0.2) is 8.42 Å². The molecular formula is C16H16N2O3S. The SMILES string of the molecule is CN(c1ccc(OCc2ccccc2C#N)cc1)S(C)(=O)=O. The van der Waals surface area contributed by atoms with E-state index in [0.29, 0.717) is 17.0 Å². The Labute approximate surface area is 130 Å². The Hall–Kier alpha value is -2.52. The highest BCUT2D eigenvalue weighted by molar-refractivity contribution is 7.92. The van der Waals surface area contributed by atoms with Crippen molar-refractivity contribution >= 4 is 15.7 Å². The topological polar surface area (TPSA) is 70.4 Å². The zero-order chi connectivity index (χ0) is 16.2. The molecule has 0 heterocycles. The van der Waals surface area contributed by atoms with Gasteiger partial charge in [-0.3, -0.25) is 4.31 Å². The molecule has 2 aromatic rings. The van der Waals surface area contributed by atoms with Gasteiger partial charge in [0.2, 0.25) is 10.0 Å². The van der Waals surface area contributed by atoms with Crippen LogP contribution in [-0.2, 0) is 16.6 Å². The zero-order valence-corrected chi connectivity index (χ0v) is 13.2. The van der Waals surface area contributed by atoms with Gasteiger partial charge in [-0.15, -0.1) is 0 Å². The molecule has 0 amide bonds. The van der Waals surface area contributed by atoms with Crippen molar-refractivity contribution in [2.24, 2.45) is 0 Å². The Bertz CT molecular complexity index is 793. The molecule has 0 radical (unpaired) electrons. The van der Waals surface area contributed by atoms with Crippen LogP contribution in [0.3, 0.4) is 0 Å². The van der Waals surface area contributed by atoms with E-state index in [0.717, 1.165) is 11.8 Å². The highest BCUT2D eigenvalue weighted by atomic mass is 32.2. The lowest BCUT2D eigenvalue weighted by atomic mass is 10.1. The highest BCUT2D eigenvalue weighted by Crippen LogP contribution is 2.21. The fourth-order valence-corrected chi connectivity index (χ4v) is 2.36. The third-order valence-corrected chi connectivity index (χ3v) is 4.44. The first kappa shape index (κ1) is 15.9. The number of hydrogen-bond donors (Lipinski definition) is 0. The van der Waals surface area contributed by atoms with Crippen LogP contribution >= 0.6 is 0 Å². The van der Waals surface area contributed by atoms with E-state index >= 15 is 0 Å². The predicted octanol–water partition coefficient (Wildman–Crippen LogP) is 2.53. The fourth-order valence-electron chi connectivity index (χ4n) is 1.86. The molecule has 0 unspecified atom stereocenters. The van der Waals surface area contributed by atoms with Crippen LogP contribution in [0.25, 0.3) is 0 Å². The lowest BCUT2D eigenvalue weighted by molar-refractivity contribution is 0.306. The molecule has 0 bridgehead atoms. The van der Waals surface area contributed by atoms with Gasteiger partial charge in [0, 0.05) is 12.6 Å². The maximum absolute atomic E-state index is 11.5. The van der Waals surface area contributed by atoms with E-state index < -0.39 is 10.0 Å². The molecule has 0 atom stereocenters. The standard InChI is InChI=1S/C16H16N2O3S/c1-18(22(2,19)20)15-7-9-16(10-8-15)21-12-14-6-4-3-5-13(14)11-17/h3-10H,12H2,1-2H3. The van der Waals surface area contributed by atoms with Gasteiger partial charge < -0.3 is 4.74 Å². The minimum absolute atomic E-state index is 0.283. The van der Waals surface area contributed by atoms with Crippen molar-refractivity contribution < 1.29 is 13.2 Å². The summed E-state index contributed by atoms with van der Waals surface area (Å²) in [6.45, 7) is 0.283. The summed E-state index contributed by atoms with van der Waals surface area (Å²) >= 11 is 0. The molecule has 0 aromatic heterocycles. The average molecular weight is 316 g/mol. The molecule has 0 N–H and O–H groups in total. The van der Waals surface area contributed by atoms with Gasteiger partial charge in [0.1, 0.15) is 12.4 Å². The van der Waals surface area contributed by atoms with Crippen LogP contribution in [0, 0.1) is 11.3 Å². The monoisotopic (exact) mass is 316 g/mol. The van der Waals surface area contributed by atoms with E-state index in [2.05, 4.69) is 6.07 Å². The van der Waals surface area contributed by atoms with E-state index in [1.54, 1.807) is 36.4 Å². The third-order valence-electron chi connectivity index (χ3n) is 3.23. The number of hydrogen-bond acceptors (Lipinski definition) is 4. The minimum Gasteiger partial charge on any atom is -0.489 e. The van der Waals surface area contributed by atoms with Gasteiger partial charge in [-0.2, -0.15) is 5.26 Å². The van der Waals surface area contributed by atoms with Crippen molar-refractivity contribution in [3.8, 4) is 11.8 Å². The molecule has 5 nitrogen and oxygen atoms in total. The summed E-state index contributed by atoms with van der Waals surface area (Å²) in [4.78, 5) is 0. The van der Waals surface area contributed by atoms with Gasteiger partial charge in [0.25, 0.3) is 0 Å². The second-order valence-corrected chi connectivity index (χ2v) is 6.80. The van der Waals surface area contributed by atoms with Crippen LogP contribution in [0.15, 0.2) is 48.5 Å². The van der Waals surface area contributed by atoms with Gasteiger partial charge in [-0.1, -0.05) is 18.2 Å². The van der Waals surface area contributed by atoms with E-state index in [9.17, 15) is 8.42 Å². The zero-order valence-electron chi connectivity index (χ0n) is 12.4. The van der Waals surface area contributed by atoms with Crippen LogP contribution in [0.5, 0.6) is 5.75 Å². The average Bonchev–Trinajstić information content (AvgIpc) is 2.52. The van der Waals surface area contributed by atoms with E-state index in [1.807, 2.05) is 12.1 Å². The summed E-state index contributed by atoms with van der Waals surface area (Å²) in [6, 6.07) is 16.1. The summed E-state index contributed by atoms with van der Waals surface area (Å²) in [5.41, 5.74) is 1.95. The summed E-state index contributed by atoms with van der Waals surface area (Å²) in [7, 11) is -1.78. The first-order valence-corrected chi connectivity index (χ1v) is 8.41. The Morgan fingerprint density at radius 1 is 1.14 bits per heavy atom. The van der Waals surface area contributed by atoms with Gasteiger partial charge in [0.05, 0.1) is 23.6 Å². The molecule has 2 rings (SSSR count). The van der Waals surface area contributed by atoms with Crippen molar-refractivity contribution in [1.29, 1.82) is 5.26 Å². The molecule has 114 valence electrons. The highest BCUT2D eigenvalue weighted by Gasteiger charge is 2.11. The maximum Gasteiger partial charge on any atom is 0.231 e. The second-order valence-electron chi connectivity index (χ2n) is 4.78. The van der Waals surface area contributed by atoms with Crippen molar-refractivity contribution in [1.82, 2.24) is 0 Å². The van der Waals surface area contributed by atoms with E-state index in [-0.39, 0.29) is 6.61 Å². The quantitative estimate of drug-likeness (QED) is 0.850. The first-order valence-electron chi connectivity index (χ1n) is 6.56. The van der Waals surface area contributed by atoms with Crippen LogP contribution in [0.2, 0.25) is 0 Å². The van der Waals surface area contributed by atoms with Gasteiger partial charge in [0.15, 0.2) is 0 Å². The number of ether oxygens (including phenoxy) is 1. The van der Waals surface area contributed by atoms with Crippen LogP contribution < -0.4 is 9.04 Å². The Morgan fingerprint density at radius 2 is 1.77 bits per heavy atom. The summed E-state index contributed by atoms with van der Waals surface area (Å²) in [5.74, 6) is 0.610. The maximum atomic E-state index is 11.5. The number of rotatable bonds is 5. The summed E-state index contributed by atoms with van der Waals surface area (Å²) < 4.78 is 29.8. The van der Waals surface area contributed by atoms with Crippen LogP contribution in [0.1, 0.15) is 11.1 Å². The van der Waals surface area contributed by atoms with Gasteiger partial charge in [-0.05, 0) is 30.3 Å². The van der Waals surface area contributed by atoms with Crippen LogP contribution in [-0.4, -0.2) is 21.7 Å². The third kappa shape index (κ3) is 3.77. The molecular weight excluding hydrogens is 300 g/mol. The van der Waals surface area contributed by atoms with Crippen LogP contribution in [0.4, 0.5) is 5.69 Å². The largest absolute Gasteiger partial charge is 0.489 e. The van der Waals surface area contributed by atoms with Gasteiger partial charge >= 0.3 is 0 Å². The molecule has 22 heavy (non-hydrogen) atoms. The number of sulfonamides is 1. The second kappa shape index (κ2) is 6.50. The molecule has 2 aromatic carbocycles. The molecule has 0 aliphatic rings. The lowest BCUT2D eigenvalue weighted by Crippen LogP contribution is -2.24. The molecule has 0 aliphatic carbocycles. The Balaban J connectivity index is 2.08. The van der Waals surface area contributed by atoms with Crippen molar-refractivity contribution in [3.63, 3.8) is 0 Å². The minimum atomic E-state index is -3.28. The normalized spacial score (nSPS) is 10.8. The summed E-state index contributed by atoms with van der Waals surface area (Å²) in [5, 5.41) is 9.02. The number of benzene rings is 2.